The van der Waals surface area contributed by atoms with E-state index in [1.807, 2.05) is 0 Å². The number of nitrogens with one attached hydrogen (secondary N) is 1. The van der Waals surface area contributed by atoms with Crippen molar-refractivity contribution in [1.29, 1.82) is 0 Å². The van der Waals surface area contributed by atoms with Gasteiger partial charge in [0.15, 0.2) is 11.9 Å². The van der Waals surface area contributed by atoms with Crippen LogP contribution in [0.25, 0.3) is 11.0 Å². The van der Waals surface area contributed by atoms with E-state index >= 15 is 0 Å². The van der Waals surface area contributed by atoms with Crippen molar-refractivity contribution in [1.82, 2.24) is 24.5 Å². The summed E-state index contributed by atoms with van der Waals surface area (Å²) in [6, 6.07) is 0. The first-order valence-corrected chi connectivity index (χ1v) is 9.29. The third-order valence-corrected chi connectivity index (χ3v) is 4.67. The zero-order chi connectivity index (χ0) is 20.1. The monoisotopic (exact) mass is 404 g/mol. The van der Waals surface area contributed by atoms with E-state index < -0.39 is 47.0 Å². The summed E-state index contributed by atoms with van der Waals surface area (Å²) in [5.74, 6) is 0.0565. The number of nitrogen functional groups attached to an aromatic ring is 1. The molecule has 150 valence electrons. The van der Waals surface area contributed by atoms with Crippen molar-refractivity contribution in [3.05, 3.63) is 12.0 Å². The molecule has 7 N–H and O–H groups in total. The van der Waals surface area contributed by atoms with Crippen molar-refractivity contribution in [2.75, 3.05) is 12.3 Å². The lowest BCUT2D eigenvalue weighted by Crippen LogP contribution is -2.39. The molecule has 0 aliphatic carbocycles. The van der Waals surface area contributed by atoms with Crippen LogP contribution in [0.3, 0.4) is 0 Å². The number of anilines is 1. The predicted octanol–water partition coefficient (Wildman–Crippen LogP) is -2.35. The molecule has 27 heavy (non-hydrogen) atoms. The molecule has 3 rings (SSSR count). The molecule has 1 aliphatic heterocycles. The van der Waals surface area contributed by atoms with Gasteiger partial charge in [-0.15, -0.1) is 0 Å². The minimum Gasteiger partial charge on any atom is -0.387 e. The molecule has 0 amide bonds. The maximum absolute atomic E-state index is 10.8. The van der Waals surface area contributed by atoms with Crippen LogP contribution in [0, 0.1) is 0 Å². The van der Waals surface area contributed by atoms with E-state index in [9.17, 15) is 23.7 Å². The minimum atomic E-state index is -4.51. The second-order valence-corrected chi connectivity index (χ2v) is 7.92. The van der Waals surface area contributed by atoms with Gasteiger partial charge in [-0.3, -0.25) is 4.55 Å². The highest BCUT2D eigenvalue weighted by Crippen LogP contribution is 2.35. The van der Waals surface area contributed by atoms with Gasteiger partial charge in [0, 0.05) is 6.54 Å². The van der Waals surface area contributed by atoms with Gasteiger partial charge in [-0.25, -0.2) is 14.6 Å². The fourth-order valence-electron chi connectivity index (χ4n) is 2.89. The quantitative estimate of drug-likeness (QED) is 0.291. The molecule has 0 saturated carbocycles. The van der Waals surface area contributed by atoms with E-state index in [0.717, 1.165) is 4.68 Å². The number of aliphatic hydroxyl groups excluding tert-OH is 2. The SMILES string of the molecule is CC(C)(O)c1nn([C@@H]2O[C@H](CNS(=O)(=O)O)[C@@H](O)[C@H]2O)c2ncnc(N)c12. The Morgan fingerprint density at radius 3 is 2.59 bits per heavy atom. The lowest BCUT2D eigenvalue weighted by molar-refractivity contribution is -0.0414. The van der Waals surface area contributed by atoms with Crippen LogP contribution >= 0.6 is 0 Å². The average molecular weight is 404 g/mol. The van der Waals surface area contributed by atoms with Crippen molar-refractivity contribution in [2.45, 2.75) is 44.0 Å². The molecule has 2 aromatic rings. The maximum Gasteiger partial charge on any atom is 0.333 e. The molecule has 14 heteroatoms. The number of ether oxygens (including phenoxy) is 1. The summed E-state index contributed by atoms with van der Waals surface area (Å²) in [7, 11) is -4.51. The van der Waals surface area contributed by atoms with Gasteiger partial charge in [0.05, 0.1) is 5.39 Å². The van der Waals surface area contributed by atoms with E-state index in [2.05, 4.69) is 15.1 Å². The van der Waals surface area contributed by atoms with Gasteiger partial charge in [0.1, 0.15) is 41.8 Å². The Balaban J connectivity index is 2.02. The van der Waals surface area contributed by atoms with Crippen LogP contribution in [0.4, 0.5) is 5.82 Å². The van der Waals surface area contributed by atoms with Crippen LogP contribution in [-0.2, 0) is 20.6 Å². The Morgan fingerprint density at radius 2 is 2.00 bits per heavy atom. The van der Waals surface area contributed by atoms with Gasteiger partial charge >= 0.3 is 10.3 Å². The molecule has 0 bridgehead atoms. The van der Waals surface area contributed by atoms with Crippen LogP contribution in [0.15, 0.2) is 6.33 Å². The van der Waals surface area contributed by atoms with Crippen LogP contribution in [0.2, 0.25) is 0 Å². The molecule has 0 aromatic carbocycles. The highest BCUT2D eigenvalue weighted by molar-refractivity contribution is 7.83. The smallest absolute Gasteiger partial charge is 0.333 e. The first-order valence-electron chi connectivity index (χ1n) is 7.85. The largest absolute Gasteiger partial charge is 0.387 e. The molecular weight excluding hydrogens is 384 g/mol. The predicted molar refractivity (Wildman–Crippen MR) is 90.5 cm³/mol. The highest BCUT2D eigenvalue weighted by Gasteiger charge is 2.45. The lowest BCUT2D eigenvalue weighted by atomic mass is 10.0. The number of nitrogens with zero attached hydrogens (tertiary/aromatic N) is 4. The molecular formula is C13H20N6O7S. The summed E-state index contributed by atoms with van der Waals surface area (Å²) < 4.78 is 38.8. The Hall–Kier alpha value is -1.94. The Bertz CT molecular complexity index is 956. The van der Waals surface area contributed by atoms with E-state index in [1.165, 1.54) is 20.2 Å². The van der Waals surface area contributed by atoms with Crippen LogP contribution < -0.4 is 10.5 Å². The summed E-state index contributed by atoms with van der Waals surface area (Å²) in [5, 5.41) is 35.3. The summed E-state index contributed by atoms with van der Waals surface area (Å²) in [4.78, 5) is 7.94. The highest BCUT2D eigenvalue weighted by atomic mass is 32.2. The molecule has 1 fully saturated rings. The summed E-state index contributed by atoms with van der Waals surface area (Å²) in [6.45, 7) is 2.47. The summed E-state index contributed by atoms with van der Waals surface area (Å²) >= 11 is 0. The molecule has 1 saturated heterocycles. The normalized spacial score (nSPS) is 26.7. The van der Waals surface area contributed by atoms with Crippen molar-refractivity contribution >= 4 is 27.2 Å². The molecule has 1 aliphatic rings. The van der Waals surface area contributed by atoms with Gasteiger partial charge < -0.3 is 25.8 Å². The molecule has 0 radical (unpaired) electrons. The van der Waals surface area contributed by atoms with Crippen molar-refractivity contribution in [3.63, 3.8) is 0 Å². The zero-order valence-electron chi connectivity index (χ0n) is 14.4. The maximum atomic E-state index is 10.8. The van der Waals surface area contributed by atoms with Gasteiger partial charge in [-0.05, 0) is 13.8 Å². The molecule has 13 nitrogen and oxygen atoms in total. The van der Waals surface area contributed by atoms with E-state index in [-0.39, 0.29) is 22.5 Å². The standard InChI is InChI=1S/C13H20N6O7S/c1-13(2,22)9-6-10(14)15-4-16-11(6)19(18-9)12-8(21)7(20)5(26-12)3-17-27(23,24)25/h4-5,7-8,12,17,20-22H,3H2,1-2H3,(H2,14,15,16)(H,23,24,25)/t5-,7-,8-,12-/m1/s1. The first kappa shape index (κ1) is 19.8. The van der Waals surface area contributed by atoms with E-state index in [1.54, 1.807) is 4.72 Å². The number of fused-ring (bicyclic) bond motifs is 1. The zero-order valence-corrected chi connectivity index (χ0v) is 15.2. The topological polar surface area (TPSA) is 206 Å². The second kappa shape index (κ2) is 6.59. The van der Waals surface area contributed by atoms with Gasteiger partial charge in [-0.1, -0.05) is 0 Å². The fourth-order valence-corrected chi connectivity index (χ4v) is 3.26. The number of hydrogen-bond acceptors (Lipinski definition) is 10. The molecule has 2 aromatic heterocycles. The molecule has 0 spiro atoms. The Morgan fingerprint density at radius 1 is 1.33 bits per heavy atom. The van der Waals surface area contributed by atoms with Crippen LogP contribution in [0.5, 0.6) is 0 Å². The average Bonchev–Trinajstić information content (AvgIpc) is 3.05. The Kier molecular flexibility index (Phi) is 4.84. The number of rotatable bonds is 5. The summed E-state index contributed by atoms with van der Waals surface area (Å²) in [6.07, 6.45) is -4.23. The minimum absolute atomic E-state index is 0.0565. The number of nitrogens with two attached hydrogens (primary N) is 1. The van der Waals surface area contributed by atoms with Gasteiger partial charge in [0.2, 0.25) is 0 Å². The van der Waals surface area contributed by atoms with Crippen molar-refractivity contribution < 1.29 is 33.0 Å². The van der Waals surface area contributed by atoms with Crippen LogP contribution in [-0.4, -0.2) is 72.9 Å². The van der Waals surface area contributed by atoms with Gasteiger partial charge in [-0.2, -0.15) is 18.2 Å². The fraction of sp³-hybridized carbons (Fsp3) is 0.615. The van der Waals surface area contributed by atoms with E-state index in [0.29, 0.717) is 0 Å². The third-order valence-electron chi connectivity index (χ3n) is 4.14. The number of hydrogen-bond donors (Lipinski definition) is 6. The van der Waals surface area contributed by atoms with Crippen molar-refractivity contribution in [3.8, 4) is 0 Å². The lowest BCUT2D eigenvalue weighted by Gasteiger charge is -2.17. The molecule has 4 atom stereocenters. The number of aliphatic hydroxyl groups is 3. The van der Waals surface area contributed by atoms with Gasteiger partial charge in [0.25, 0.3) is 0 Å². The Labute approximate surface area is 153 Å². The first-order chi connectivity index (χ1) is 12.4. The third kappa shape index (κ3) is 3.73. The summed E-state index contributed by atoms with van der Waals surface area (Å²) in [5.41, 5.74) is 4.75. The van der Waals surface area contributed by atoms with E-state index in [4.69, 9.17) is 15.0 Å². The van der Waals surface area contributed by atoms with Crippen molar-refractivity contribution in [2.24, 2.45) is 0 Å². The number of aromatic nitrogens is 4. The second-order valence-electron chi connectivity index (χ2n) is 6.68. The molecule has 0 unspecified atom stereocenters. The molecule has 3 heterocycles. The van der Waals surface area contributed by atoms with Crippen LogP contribution in [0.1, 0.15) is 25.8 Å².